The molecule has 140 valence electrons. The molecule has 2 aromatic carbocycles. The van der Waals surface area contributed by atoms with E-state index in [9.17, 15) is 9.50 Å². The molecule has 0 fully saturated rings. The van der Waals surface area contributed by atoms with Crippen molar-refractivity contribution in [1.82, 2.24) is 19.5 Å². The minimum atomic E-state index is -0.358. The van der Waals surface area contributed by atoms with Crippen LogP contribution in [-0.4, -0.2) is 24.6 Å². The van der Waals surface area contributed by atoms with E-state index in [0.717, 1.165) is 5.56 Å². The lowest BCUT2D eigenvalue weighted by Crippen LogP contribution is -2.03. The van der Waals surface area contributed by atoms with Gasteiger partial charge in [-0.3, -0.25) is 4.57 Å². The summed E-state index contributed by atoms with van der Waals surface area (Å²) in [4.78, 5) is 12.4. The van der Waals surface area contributed by atoms with E-state index in [0.29, 0.717) is 28.5 Å². The zero-order valence-corrected chi connectivity index (χ0v) is 15.0. The van der Waals surface area contributed by atoms with Gasteiger partial charge < -0.3 is 16.2 Å². The molecule has 8 heteroatoms. The number of rotatable bonds is 4. The number of aromatic nitrogens is 4. The summed E-state index contributed by atoms with van der Waals surface area (Å²) in [6.45, 7) is 1.82. The first kappa shape index (κ1) is 17.5. The van der Waals surface area contributed by atoms with Gasteiger partial charge in [0, 0.05) is 29.7 Å². The predicted molar refractivity (Wildman–Crippen MR) is 105 cm³/mol. The van der Waals surface area contributed by atoms with Crippen LogP contribution in [0.1, 0.15) is 5.56 Å². The number of phenolic OH excluding ortho intramolecular Hbond substituents is 1. The van der Waals surface area contributed by atoms with Gasteiger partial charge in [0.25, 0.3) is 0 Å². The fourth-order valence-corrected chi connectivity index (χ4v) is 2.81. The molecule has 0 saturated carbocycles. The smallest absolute Gasteiger partial charge is 0.222 e. The second kappa shape index (κ2) is 6.99. The second-order valence-electron chi connectivity index (χ2n) is 6.28. The number of aromatic hydroxyl groups is 1. The molecule has 2 heterocycles. The largest absolute Gasteiger partial charge is 0.507 e. The summed E-state index contributed by atoms with van der Waals surface area (Å²) in [5.41, 5.74) is 8.48. The lowest BCUT2D eigenvalue weighted by Gasteiger charge is -2.12. The van der Waals surface area contributed by atoms with Gasteiger partial charge >= 0.3 is 0 Å². The number of benzene rings is 2. The van der Waals surface area contributed by atoms with Crippen LogP contribution in [0.2, 0.25) is 0 Å². The summed E-state index contributed by atoms with van der Waals surface area (Å²) < 4.78 is 15.8. The molecule has 0 amide bonds. The van der Waals surface area contributed by atoms with Gasteiger partial charge in [-0.2, -0.15) is 4.98 Å². The van der Waals surface area contributed by atoms with Gasteiger partial charge in [0.05, 0.1) is 11.4 Å². The summed E-state index contributed by atoms with van der Waals surface area (Å²) in [7, 11) is 0. The number of aryl methyl sites for hydroxylation is 1. The zero-order chi connectivity index (χ0) is 19.7. The van der Waals surface area contributed by atoms with Crippen molar-refractivity contribution in [1.29, 1.82) is 0 Å². The molecular weight excluding hydrogens is 359 g/mol. The van der Waals surface area contributed by atoms with Crippen LogP contribution < -0.4 is 11.1 Å². The third kappa shape index (κ3) is 3.48. The van der Waals surface area contributed by atoms with Crippen LogP contribution in [0.4, 0.5) is 21.7 Å². The van der Waals surface area contributed by atoms with Crippen LogP contribution >= 0.6 is 0 Å². The molecule has 7 nitrogen and oxygen atoms in total. The summed E-state index contributed by atoms with van der Waals surface area (Å²) in [5.74, 6) is 0.235. The number of nitrogen functional groups attached to an aromatic ring is 1. The number of nitrogens with one attached hydrogen (secondary N) is 1. The number of halogens is 1. The van der Waals surface area contributed by atoms with E-state index >= 15 is 0 Å². The lowest BCUT2D eigenvalue weighted by molar-refractivity contribution is 0.477. The Labute approximate surface area is 160 Å². The first-order valence-electron chi connectivity index (χ1n) is 8.49. The Bertz CT molecular complexity index is 1140. The van der Waals surface area contributed by atoms with Crippen molar-refractivity contribution >= 4 is 17.3 Å². The minimum Gasteiger partial charge on any atom is -0.507 e. The molecule has 28 heavy (non-hydrogen) atoms. The number of hydrogen-bond acceptors (Lipinski definition) is 6. The molecule has 0 bridgehead atoms. The van der Waals surface area contributed by atoms with E-state index in [2.05, 4.69) is 20.3 Å². The molecule has 0 saturated heterocycles. The van der Waals surface area contributed by atoms with Gasteiger partial charge in [0.1, 0.15) is 23.7 Å². The quantitative estimate of drug-likeness (QED) is 0.468. The highest BCUT2D eigenvalue weighted by atomic mass is 19.1. The molecule has 0 aliphatic carbocycles. The molecule has 4 N–H and O–H groups in total. The number of nitrogens with two attached hydrogens (primary N) is 1. The third-order valence-corrected chi connectivity index (χ3v) is 4.17. The minimum absolute atomic E-state index is 0.0182. The fourth-order valence-electron chi connectivity index (χ4n) is 2.81. The average Bonchev–Trinajstić information content (AvgIpc) is 3.20. The van der Waals surface area contributed by atoms with Crippen LogP contribution in [0.5, 0.6) is 5.75 Å². The van der Waals surface area contributed by atoms with Crippen LogP contribution in [0.3, 0.4) is 0 Å². The summed E-state index contributed by atoms with van der Waals surface area (Å²) in [6.07, 6.45) is 4.93. The molecule has 0 atom stereocenters. The van der Waals surface area contributed by atoms with E-state index in [4.69, 9.17) is 5.73 Å². The monoisotopic (exact) mass is 376 g/mol. The lowest BCUT2D eigenvalue weighted by atomic mass is 10.1. The molecule has 0 aliphatic rings. The third-order valence-electron chi connectivity index (χ3n) is 4.17. The molecule has 2 aromatic heterocycles. The maximum atomic E-state index is 14.1. The van der Waals surface area contributed by atoms with Crippen molar-refractivity contribution in [2.75, 3.05) is 11.1 Å². The Balaban J connectivity index is 1.73. The van der Waals surface area contributed by atoms with Gasteiger partial charge in [-0.15, -0.1) is 0 Å². The van der Waals surface area contributed by atoms with Crippen molar-refractivity contribution in [2.45, 2.75) is 6.92 Å². The Morgan fingerprint density at radius 3 is 2.71 bits per heavy atom. The van der Waals surface area contributed by atoms with Crippen molar-refractivity contribution in [2.24, 2.45) is 0 Å². The van der Waals surface area contributed by atoms with E-state index in [1.807, 2.05) is 13.0 Å². The van der Waals surface area contributed by atoms with Gasteiger partial charge in [-0.25, -0.2) is 14.4 Å². The average molecular weight is 376 g/mol. The first-order valence-corrected chi connectivity index (χ1v) is 8.49. The topological polar surface area (TPSA) is 102 Å². The zero-order valence-electron chi connectivity index (χ0n) is 15.0. The first-order chi connectivity index (χ1) is 13.5. The number of phenols is 1. The van der Waals surface area contributed by atoms with Crippen LogP contribution in [0.25, 0.3) is 17.1 Å². The van der Waals surface area contributed by atoms with E-state index in [1.54, 1.807) is 47.6 Å². The molecule has 0 radical (unpaired) electrons. The number of hydrogen-bond donors (Lipinski definition) is 3. The maximum Gasteiger partial charge on any atom is 0.222 e. The maximum absolute atomic E-state index is 14.1. The van der Waals surface area contributed by atoms with Crippen molar-refractivity contribution in [3.8, 4) is 22.8 Å². The molecule has 0 unspecified atom stereocenters. The summed E-state index contributed by atoms with van der Waals surface area (Å²) >= 11 is 0. The number of anilines is 3. The SMILES string of the molecule is Cc1ccc(Nc2ccc(O)c(-c3cc(-n4ccnc4)nc(N)n3)c2)c(F)c1. The molecule has 0 aliphatic heterocycles. The number of imidazole rings is 1. The van der Waals surface area contributed by atoms with E-state index < -0.39 is 0 Å². The van der Waals surface area contributed by atoms with Crippen LogP contribution in [0.15, 0.2) is 61.2 Å². The van der Waals surface area contributed by atoms with Crippen molar-refractivity contribution in [3.05, 3.63) is 72.6 Å². The highest BCUT2D eigenvalue weighted by Crippen LogP contribution is 2.33. The fraction of sp³-hybridized carbons (Fsp3) is 0.0500. The van der Waals surface area contributed by atoms with Crippen LogP contribution in [-0.2, 0) is 0 Å². The second-order valence-corrected chi connectivity index (χ2v) is 6.28. The van der Waals surface area contributed by atoms with E-state index in [1.165, 1.54) is 12.1 Å². The number of nitrogens with zero attached hydrogens (tertiary/aromatic N) is 4. The highest BCUT2D eigenvalue weighted by Gasteiger charge is 2.12. The Hall–Kier alpha value is -3.94. The van der Waals surface area contributed by atoms with Crippen molar-refractivity contribution in [3.63, 3.8) is 0 Å². The van der Waals surface area contributed by atoms with Crippen LogP contribution in [0, 0.1) is 12.7 Å². The van der Waals surface area contributed by atoms with Gasteiger partial charge in [-0.1, -0.05) is 6.07 Å². The Morgan fingerprint density at radius 2 is 1.96 bits per heavy atom. The summed E-state index contributed by atoms with van der Waals surface area (Å²) in [6, 6.07) is 11.5. The highest BCUT2D eigenvalue weighted by molar-refractivity contribution is 5.75. The Kier molecular flexibility index (Phi) is 4.36. The van der Waals surface area contributed by atoms with E-state index in [-0.39, 0.29) is 17.5 Å². The van der Waals surface area contributed by atoms with Gasteiger partial charge in [0.15, 0.2) is 0 Å². The molecule has 4 rings (SSSR count). The predicted octanol–water partition coefficient (Wildman–Crippen LogP) is 3.81. The summed E-state index contributed by atoms with van der Waals surface area (Å²) in [5, 5.41) is 13.4. The van der Waals surface area contributed by atoms with Crippen molar-refractivity contribution < 1.29 is 9.50 Å². The Morgan fingerprint density at radius 1 is 1.11 bits per heavy atom. The molecular formula is C20H17FN6O. The standard InChI is InChI=1S/C20H17FN6O/c1-12-2-4-16(15(21)8-12)24-13-3-5-18(28)14(9-13)17-10-19(26-20(22)25-17)27-7-6-23-11-27/h2-11,24,28H,1H3,(H2,22,25,26). The molecule has 4 aromatic rings. The van der Waals surface area contributed by atoms with Gasteiger partial charge in [0.2, 0.25) is 5.95 Å². The normalized spacial score (nSPS) is 10.8. The molecule has 0 spiro atoms. The van der Waals surface area contributed by atoms with Gasteiger partial charge in [-0.05, 0) is 42.8 Å².